The number of nitrogens with one attached hydrogen (secondary N) is 1. The normalized spacial score (nSPS) is 22.5. The quantitative estimate of drug-likeness (QED) is 0.215. The Balaban J connectivity index is 1.70. The molecule has 4 N–H and O–H groups in total. The molecule has 236 valence electrons. The minimum Gasteiger partial charge on any atom is -0.463 e. The molecule has 4 rings (SSSR count). The van der Waals surface area contributed by atoms with Gasteiger partial charge in [-0.2, -0.15) is 5.10 Å². The number of carbonyl (C=O) groups excluding carboxylic acids is 3. The van der Waals surface area contributed by atoms with Gasteiger partial charge in [0.05, 0.1) is 18.7 Å². The van der Waals surface area contributed by atoms with Crippen LogP contribution >= 0.6 is 0 Å². The Morgan fingerprint density at radius 3 is 2.55 bits per heavy atom. The van der Waals surface area contributed by atoms with Crippen LogP contribution < -0.4 is 11.1 Å². The maximum Gasteiger partial charge on any atom is 0.323 e. The number of aliphatic hydroxyl groups excluding tert-OH is 1. The van der Waals surface area contributed by atoms with Gasteiger partial charge >= 0.3 is 11.9 Å². The predicted molar refractivity (Wildman–Crippen MR) is 162 cm³/mol. The second-order valence-electron chi connectivity index (χ2n) is 12.2. The third-order valence-electron chi connectivity index (χ3n) is 7.55. The summed E-state index contributed by atoms with van der Waals surface area (Å²) < 4.78 is 19.3. The number of ether oxygens (including phenoxy) is 3. The Bertz CT molecular complexity index is 1500. The number of anilines is 1. The molecule has 1 aliphatic rings. The van der Waals surface area contributed by atoms with Crippen LogP contribution in [0.5, 0.6) is 0 Å². The first-order valence-corrected chi connectivity index (χ1v) is 14.4. The number of nitrogens with two attached hydrogens (primary N) is 1. The van der Waals surface area contributed by atoms with Crippen molar-refractivity contribution in [2.75, 3.05) is 18.5 Å². The van der Waals surface area contributed by atoms with Crippen LogP contribution in [-0.2, 0) is 40.6 Å². The molecular weight excluding hydrogens is 568 g/mol. The molecule has 1 aromatic carbocycles. The molecule has 44 heavy (non-hydrogen) atoms. The molecule has 1 unspecified atom stereocenters. The highest BCUT2D eigenvalue weighted by Gasteiger charge is 2.59. The van der Waals surface area contributed by atoms with Gasteiger partial charge in [0.1, 0.15) is 36.7 Å². The van der Waals surface area contributed by atoms with E-state index in [1.54, 1.807) is 58.9 Å². The molecule has 5 atom stereocenters. The summed E-state index contributed by atoms with van der Waals surface area (Å²) in [6.45, 7) is 12.0. The number of aliphatic imine (C=N–C) groups is 1. The number of nitrogens with zero attached hydrogens (tertiary/aromatic N) is 4. The number of carbonyl (C=O) groups is 3. The molecule has 0 aliphatic carbocycles. The summed E-state index contributed by atoms with van der Waals surface area (Å²) in [6, 6.07) is 11.4. The van der Waals surface area contributed by atoms with Gasteiger partial charge in [0.2, 0.25) is 5.91 Å². The van der Waals surface area contributed by atoms with Gasteiger partial charge in [-0.25, -0.2) is 9.50 Å². The van der Waals surface area contributed by atoms with Gasteiger partial charge in [-0.1, -0.05) is 65.0 Å². The topological polar surface area (TPSA) is 180 Å². The number of hydrogen-bond acceptors (Lipinski definition) is 11. The van der Waals surface area contributed by atoms with Crippen LogP contribution in [0, 0.1) is 11.3 Å². The van der Waals surface area contributed by atoms with Gasteiger partial charge in [-0.15, -0.1) is 0 Å². The molecule has 0 spiro atoms. The van der Waals surface area contributed by atoms with Gasteiger partial charge in [-0.3, -0.25) is 19.4 Å². The van der Waals surface area contributed by atoms with E-state index in [1.807, 2.05) is 18.2 Å². The summed E-state index contributed by atoms with van der Waals surface area (Å²) in [7, 11) is 0. The molecule has 1 saturated heterocycles. The van der Waals surface area contributed by atoms with Crippen molar-refractivity contribution in [3.8, 4) is 0 Å². The number of rotatable bonds is 11. The van der Waals surface area contributed by atoms with Crippen LogP contribution in [0.4, 0.5) is 5.82 Å². The van der Waals surface area contributed by atoms with Crippen LogP contribution in [0.15, 0.2) is 53.8 Å². The lowest BCUT2D eigenvalue weighted by atomic mass is 9.87. The van der Waals surface area contributed by atoms with Crippen LogP contribution in [0.1, 0.15) is 45.9 Å². The zero-order valence-electron chi connectivity index (χ0n) is 25.6. The highest BCUT2D eigenvalue weighted by Crippen LogP contribution is 2.43. The molecule has 13 heteroatoms. The van der Waals surface area contributed by atoms with Crippen LogP contribution in [0.25, 0.3) is 5.52 Å². The molecule has 1 fully saturated rings. The van der Waals surface area contributed by atoms with Crippen LogP contribution in [-0.4, -0.2) is 81.8 Å². The summed E-state index contributed by atoms with van der Waals surface area (Å²) >= 11 is 0. The molecule has 1 aliphatic heterocycles. The first kappa shape index (κ1) is 32.7. The van der Waals surface area contributed by atoms with Gasteiger partial charge < -0.3 is 30.4 Å². The smallest absolute Gasteiger partial charge is 0.323 e. The standard InChI is InChI=1S/C31H40N6O7/c1-18(2)28(40)36-27-20-12-13-22(37(20)35-17-34-27)31(16-33-6)26(39)24(43-29(41)25(32)30(3,4)5)21(44-31)15-42-23(38)14-19-10-8-7-9-11-19/h7-13,17-18,21,24-26,39H,6,14-16,32H2,1-5H3,(H,34,35,36,40)/t21-,24-,25?,26-,31+/m1/s1. The van der Waals surface area contributed by atoms with Gasteiger partial charge in [0.25, 0.3) is 0 Å². The number of aromatic nitrogens is 3. The molecule has 3 aromatic rings. The molecular formula is C31H40N6O7. The summed E-state index contributed by atoms with van der Waals surface area (Å²) in [4.78, 5) is 46.6. The van der Waals surface area contributed by atoms with Gasteiger partial charge in [0.15, 0.2) is 17.5 Å². The lowest BCUT2D eigenvalue weighted by molar-refractivity contribution is -0.163. The van der Waals surface area contributed by atoms with E-state index in [1.165, 1.54) is 10.8 Å². The Hall–Kier alpha value is -4.20. The van der Waals surface area contributed by atoms with Crippen LogP contribution in [0.3, 0.4) is 0 Å². The molecule has 1 amide bonds. The molecule has 13 nitrogen and oxygen atoms in total. The third-order valence-corrected chi connectivity index (χ3v) is 7.55. The lowest BCUT2D eigenvalue weighted by Crippen LogP contribution is -2.49. The number of amides is 1. The number of esters is 2. The summed E-state index contributed by atoms with van der Waals surface area (Å²) in [5, 5.41) is 19.0. The SMILES string of the molecule is C=NC[C@@]1(c2ccc3c(NC(=O)C(C)C)ncnn23)O[C@H](COC(=O)Cc2ccccc2)[C@@H](OC(=O)C(N)C(C)(C)C)[C@H]1O. The van der Waals surface area contributed by atoms with Gasteiger partial charge in [0, 0.05) is 5.92 Å². The second-order valence-corrected chi connectivity index (χ2v) is 12.2. The number of fused-ring (bicyclic) bond motifs is 1. The zero-order valence-corrected chi connectivity index (χ0v) is 25.6. The summed E-state index contributed by atoms with van der Waals surface area (Å²) in [5.74, 6) is -1.57. The Kier molecular flexibility index (Phi) is 9.81. The predicted octanol–water partition coefficient (Wildman–Crippen LogP) is 2.05. The van der Waals surface area contributed by atoms with E-state index < -0.39 is 47.3 Å². The largest absolute Gasteiger partial charge is 0.463 e. The third kappa shape index (κ3) is 6.79. The van der Waals surface area contributed by atoms with E-state index in [4.69, 9.17) is 19.9 Å². The van der Waals surface area contributed by atoms with Crippen molar-refractivity contribution < 1.29 is 33.7 Å². The molecule has 0 saturated carbocycles. The monoisotopic (exact) mass is 608 g/mol. The van der Waals surface area contributed by atoms with Gasteiger partial charge in [-0.05, 0) is 29.8 Å². The summed E-state index contributed by atoms with van der Waals surface area (Å²) in [6.07, 6.45) is -2.64. The maximum atomic E-state index is 13.2. The minimum absolute atomic E-state index is 0.0138. The van der Waals surface area contributed by atoms with E-state index in [0.29, 0.717) is 11.2 Å². The van der Waals surface area contributed by atoms with Crippen molar-refractivity contribution in [3.63, 3.8) is 0 Å². The van der Waals surface area contributed by atoms with Crippen molar-refractivity contribution in [2.45, 2.75) is 71.0 Å². The highest BCUT2D eigenvalue weighted by atomic mass is 16.6. The van der Waals surface area contributed by atoms with E-state index in [9.17, 15) is 19.5 Å². The molecule has 0 radical (unpaired) electrons. The van der Waals surface area contributed by atoms with Crippen molar-refractivity contribution in [3.05, 3.63) is 60.0 Å². The second kappa shape index (κ2) is 13.2. The molecule has 2 aromatic heterocycles. The van der Waals surface area contributed by atoms with E-state index in [0.717, 1.165) is 5.56 Å². The number of aliphatic hydroxyl groups is 1. The average molecular weight is 609 g/mol. The maximum absolute atomic E-state index is 13.2. The molecule has 3 heterocycles. The first-order valence-electron chi connectivity index (χ1n) is 14.4. The fraction of sp³-hybridized carbons (Fsp3) is 0.484. The fourth-order valence-electron chi connectivity index (χ4n) is 4.90. The lowest BCUT2D eigenvalue weighted by Gasteiger charge is -2.31. The number of benzene rings is 1. The van der Waals surface area contributed by atoms with E-state index in [2.05, 4.69) is 27.1 Å². The van der Waals surface area contributed by atoms with Crippen molar-refractivity contribution in [2.24, 2.45) is 22.1 Å². The summed E-state index contributed by atoms with van der Waals surface area (Å²) in [5.41, 5.74) is 5.41. The van der Waals surface area contributed by atoms with E-state index >= 15 is 0 Å². The van der Waals surface area contributed by atoms with Crippen molar-refractivity contribution in [1.82, 2.24) is 14.6 Å². The van der Waals surface area contributed by atoms with Crippen molar-refractivity contribution in [1.29, 1.82) is 0 Å². The zero-order chi connectivity index (χ0) is 32.2. The van der Waals surface area contributed by atoms with Crippen LogP contribution in [0.2, 0.25) is 0 Å². The molecule has 0 bridgehead atoms. The number of hydrogen-bond donors (Lipinski definition) is 3. The first-order chi connectivity index (χ1) is 20.8. The fourth-order valence-corrected chi connectivity index (χ4v) is 4.90. The average Bonchev–Trinajstić information content (AvgIpc) is 3.52. The van der Waals surface area contributed by atoms with Crippen molar-refractivity contribution >= 4 is 35.9 Å². The highest BCUT2D eigenvalue weighted by molar-refractivity contribution is 5.94. The minimum atomic E-state index is -1.64. The Labute approximate surface area is 255 Å². The Morgan fingerprint density at radius 2 is 1.91 bits per heavy atom. The Morgan fingerprint density at radius 1 is 1.20 bits per heavy atom. The van der Waals surface area contributed by atoms with E-state index in [-0.39, 0.29) is 37.2 Å².